The first kappa shape index (κ1) is 30.1. The summed E-state index contributed by atoms with van der Waals surface area (Å²) in [6.07, 6.45) is 5.69. The van der Waals surface area contributed by atoms with Gasteiger partial charge in [0.15, 0.2) is 0 Å². The highest BCUT2D eigenvalue weighted by Gasteiger charge is 2.41. The highest BCUT2D eigenvalue weighted by molar-refractivity contribution is 5.97. The summed E-state index contributed by atoms with van der Waals surface area (Å²) in [7, 11) is 1.60. The maximum absolute atomic E-state index is 13.9. The molecule has 1 fully saturated rings. The summed E-state index contributed by atoms with van der Waals surface area (Å²) in [5, 5.41) is 9.19. The molecule has 9 nitrogen and oxygen atoms in total. The van der Waals surface area contributed by atoms with Crippen LogP contribution in [0.25, 0.3) is 0 Å². The van der Waals surface area contributed by atoms with E-state index in [1.54, 1.807) is 19.2 Å². The molecule has 1 saturated heterocycles. The van der Waals surface area contributed by atoms with Gasteiger partial charge in [0.25, 0.3) is 5.91 Å². The molecule has 2 heterocycles. The quantitative estimate of drug-likeness (QED) is 0.477. The molecule has 2 aliphatic heterocycles. The van der Waals surface area contributed by atoms with Crippen molar-refractivity contribution in [3.05, 3.63) is 65.7 Å². The molecule has 220 valence electrons. The predicted octanol–water partition coefficient (Wildman–Crippen LogP) is 3.93. The maximum Gasteiger partial charge on any atom is 0.255 e. The lowest BCUT2D eigenvalue weighted by Gasteiger charge is -2.41. The van der Waals surface area contributed by atoms with Crippen molar-refractivity contribution in [2.75, 3.05) is 45.2 Å². The van der Waals surface area contributed by atoms with E-state index in [0.717, 1.165) is 11.3 Å². The standard InChI is InChI=1S/C32H42N4O5/c1-22(2)27-21-41-28-10-6-5-9-25(28)30(38)33-16-8-7-13-32(31(39)35-27)14-17-36(18-15-32)20-29(37)34-26-19-24(40-4)12-11-23(26)3/h5-12,19,22,27H,13-18,20-21H2,1-4H3,(H,33,38)(H,34,37)(H,35,39)/b8-7+/t27-/m0/s1. The number of rotatable bonds is 5. The maximum atomic E-state index is 13.9. The number of carbonyl (C=O) groups is 3. The fourth-order valence-corrected chi connectivity index (χ4v) is 5.24. The van der Waals surface area contributed by atoms with Gasteiger partial charge in [-0.1, -0.05) is 44.2 Å². The first-order valence-electron chi connectivity index (χ1n) is 14.3. The number of piperidine rings is 1. The first-order chi connectivity index (χ1) is 19.7. The molecular weight excluding hydrogens is 520 g/mol. The number of allylic oxidation sites excluding steroid dienone is 1. The highest BCUT2D eigenvalue weighted by Crippen LogP contribution is 2.36. The number of hydrogen-bond donors (Lipinski definition) is 3. The van der Waals surface area contributed by atoms with Crippen LogP contribution < -0.4 is 25.4 Å². The Labute approximate surface area is 242 Å². The minimum atomic E-state index is -0.605. The molecule has 1 atom stereocenters. The van der Waals surface area contributed by atoms with Gasteiger partial charge in [-0.3, -0.25) is 19.3 Å². The van der Waals surface area contributed by atoms with Crippen molar-refractivity contribution in [1.82, 2.24) is 15.5 Å². The van der Waals surface area contributed by atoms with Gasteiger partial charge in [0.2, 0.25) is 11.8 Å². The van der Waals surface area contributed by atoms with Gasteiger partial charge in [-0.15, -0.1) is 0 Å². The zero-order valence-electron chi connectivity index (χ0n) is 24.5. The Balaban J connectivity index is 1.44. The summed E-state index contributed by atoms with van der Waals surface area (Å²) in [5.41, 5.74) is 1.56. The number of ether oxygens (including phenoxy) is 2. The number of para-hydroxylation sites is 1. The summed E-state index contributed by atoms with van der Waals surface area (Å²) < 4.78 is 11.4. The van der Waals surface area contributed by atoms with E-state index in [4.69, 9.17) is 9.47 Å². The van der Waals surface area contributed by atoms with E-state index >= 15 is 0 Å². The third-order valence-corrected chi connectivity index (χ3v) is 8.11. The number of methoxy groups -OCH3 is 1. The van der Waals surface area contributed by atoms with Crippen molar-refractivity contribution in [2.24, 2.45) is 11.3 Å². The van der Waals surface area contributed by atoms with Gasteiger partial charge in [-0.25, -0.2) is 0 Å². The van der Waals surface area contributed by atoms with Gasteiger partial charge in [0.1, 0.15) is 18.1 Å². The second-order valence-electron chi connectivity index (χ2n) is 11.3. The molecule has 2 aliphatic rings. The summed E-state index contributed by atoms with van der Waals surface area (Å²) in [6.45, 7) is 8.15. The molecule has 0 saturated carbocycles. The molecule has 0 bridgehead atoms. The van der Waals surface area contributed by atoms with Crippen LogP contribution in [-0.4, -0.2) is 68.6 Å². The lowest BCUT2D eigenvalue weighted by Crippen LogP contribution is -2.54. The zero-order chi connectivity index (χ0) is 29.4. The van der Waals surface area contributed by atoms with Crippen molar-refractivity contribution in [1.29, 1.82) is 0 Å². The Hall–Kier alpha value is -3.85. The molecule has 0 radical (unpaired) electrons. The van der Waals surface area contributed by atoms with E-state index in [1.807, 2.05) is 63.3 Å². The number of nitrogens with zero attached hydrogens (tertiary/aromatic N) is 1. The van der Waals surface area contributed by atoms with Crippen LogP contribution in [0.2, 0.25) is 0 Å². The SMILES string of the molecule is COc1ccc(C)c(NC(=O)CN2CCC3(C/C=C/CNC(=O)c4ccccc4OC[C@@H](C(C)C)NC3=O)CC2)c1. The van der Waals surface area contributed by atoms with E-state index in [2.05, 4.69) is 20.9 Å². The normalized spacial score (nSPS) is 20.7. The Kier molecular flexibility index (Phi) is 10.0. The number of anilines is 1. The van der Waals surface area contributed by atoms with Crippen molar-refractivity contribution in [2.45, 2.75) is 46.1 Å². The van der Waals surface area contributed by atoms with Crippen LogP contribution in [-0.2, 0) is 9.59 Å². The average molecular weight is 563 g/mol. The average Bonchev–Trinajstić information content (AvgIpc) is 2.96. The fourth-order valence-electron chi connectivity index (χ4n) is 5.24. The van der Waals surface area contributed by atoms with E-state index in [1.165, 1.54) is 0 Å². The van der Waals surface area contributed by atoms with Crippen molar-refractivity contribution in [3.63, 3.8) is 0 Å². The Morgan fingerprint density at radius 2 is 1.90 bits per heavy atom. The number of nitrogens with one attached hydrogen (secondary N) is 3. The van der Waals surface area contributed by atoms with E-state index in [0.29, 0.717) is 56.0 Å². The van der Waals surface area contributed by atoms with E-state index < -0.39 is 5.41 Å². The molecule has 2 aromatic carbocycles. The molecule has 1 spiro atoms. The molecule has 0 unspecified atom stereocenters. The van der Waals surface area contributed by atoms with Gasteiger partial charge >= 0.3 is 0 Å². The molecule has 3 N–H and O–H groups in total. The van der Waals surface area contributed by atoms with Gasteiger partial charge in [0, 0.05) is 18.3 Å². The summed E-state index contributed by atoms with van der Waals surface area (Å²) in [4.78, 5) is 41.6. The van der Waals surface area contributed by atoms with Gasteiger partial charge in [0.05, 0.1) is 30.7 Å². The molecule has 4 rings (SSSR count). The minimum Gasteiger partial charge on any atom is -0.497 e. The van der Waals surface area contributed by atoms with Crippen LogP contribution in [0.15, 0.2) is 54.6 Å². The zero-order valence-corrected chi connectivity index (χ0v) is 24.5. The van der Waals surface area contributed by atoms with Crippen LogP contribution in [0.1, 0.15) is 49.0 Å². The lowest BCUT2D eigenvalue weighted by molar-refractivity contribution is -0.135. The van der Waals surface area contributed by atoms with E-state index in [9.17, 15) is 14.4 Å². The third kappa shape index (κ3) is 7.67. The molecule has 2 aromatic rings. The number of benzene rings is 2. The lowest BCUT2D eigenvalue weighted by atomic mass is 9.74. The largest absolute Gasteiger partial charge is 0.497 e. The topological polar surface area (TPSA) is 109 Å². The van der Waals surface area contributed by atoms with Gasteiger partial charge in [-0.2, -0.15) is 0 Å². The summed E-state index contributed by atoms with van der Waals surface area (Å²) in [6, 6.07) is 12.5. The molecule has 41 heavy (non-hydrogen) atoms. The van der Waals surface area contributed by atoms with Crippen LogP contribution in [0, 0.1) is 18.3 Å². The van der Waals surface area contributed by atoms with Crippen molar-refractivity contribution >= 4 is 23.4 Å². The van der Waals surface area contributed by atoms with Crippen molar-refractivity contribution < 1.29 is 23.9 Å². The number of amides is 3. The third-order valence-electron chi connectivity index (χ3n) is 8.11. The number of likely N-dealkylation sites (tertiary alicyclic amines) is 1. The molecule has 3 amide bonds. The predicted molar refractivity (Wildman–Crippen MR) is 159 cm³/mol. The second kappa shape index (κ2) is 13.7. The molecule has 0 aromatic heterocycles. The molecular formula is C32H42N4O5. The van der Waals surface area contributed by atoms with Gasteiger partial charge in [-0.05, 0) is 69.0 Å². The fraction of sp³-hybridized carbons (Fsp3) is 0.469. The Morgan fingerprint density at radius 3 is 2.63 bits per heavy atom. The summed E-state index contributed by atoms with van der Waals surface area (Å²) in [5.74, 6) is 1.03. The summed E-state index contributed by atoms with van der Waals surface area (Å²) >= 11 is 0. The number of aryl methyl sites for hydroxylation is 1. The smallest absolute Gasteiger partial charge is 0.255 e. The second-order valence-corrected chi connectivity index (χ2v) is 11.3. The van der Waals surface area contributed by atoms with Crippen LogP contribution in [0.4, 0.5) is 5.69 Å². The Morgan fingerprint density at radius 1 is 1.15 bits per heavy atom. The van der Waals surface area contributed by atoms with Crippen LogP contribution in [0.3, 0.4) is 0 Å². The minimum absolute atomic E-state index is 0.00920. The van der Waals surface area contributed by atoms with Crippen LogP contribution in [0.5, 0.6) is 11.5 Å². The van der Waals surface area contributed by atoms with Gasteiger partial charge < -0.3 is 25.4 Å². The Bertz CT molecular complexity index is 1270. The van der Waals surface area contributed by atoms with E-state index in [-0.39, 0.29) is 42.8 Å². The first-order valence-corrected chi connectivity index (χ1v) is 14.3. The number of carbonyl (C=O) groups excluding carboxylic acids is 3. The highest BCUT2D eigenvalue weighted by atomic mass is 16.5. The molecule has 0 aliphatic carbocycles. The number of fused-ring (bicyclic) bond motifs is 1. The number of hydrogen-bond acceptors (Lipinski definition) is 6. The van der Waals surface area contributed by atoms with Crippen molar-refractivity contribution in [3.8, 4) is 11.5 Å². The van der Waals surface area contributed by atoms with Crippen LogP contribution >= 0.6 is 0 Å². The monoisotopic (exact) mass is 562 g/mol. The molecule has 9 heteroatoms.